The van der Waals surface area contributed by atoms with Crippen molar-refractivity contribution in [3.8, 4) is 0 Å². The highest BCUT2D eigenvalue weighted by molar-refractivity contribution is 7.92. The van der Waals surface area contributed by atoms with Crippen LogP contribution >= 0.6 is 11.6 Å². The first-order chi connectivity index (χ1) is 17.7. The van der Waals surface area contributed by atoms with E-state index in [1.165, 1.54) is 9.71 Å². The van der Waals surface area contributed by atoms with Crippen molar-refractivity contribution in [2.24, 2.45) is 16.5 Å². The molecule has 1 amide bonds. The van der Waals surface area contributed by atoms with Crippen molar-refractivity contribution in [2.45, 2.75) is 19.0 Å². The van der Waals surface area contributed by atoms with Crippen molar-refractivity contribution in [3.63, 3.8) is 0 Å². The highest BCUT2D eigenvalue weighted by atomic mass is 35.5. The van der Waals surface area contributed by atoms with E-state index in [0.29, 0.717) is 35.8 Å². The Balaban J connectivity index is 1.54. The third kappa shape index (κ3) is 6.97. The van der Waals surface area contributed by atoms with Crippen molar-refractivity contribution in [1.82, 2.24) is 9.21 Å². The van der Waals surface area contributed by atoms with Crippen LogP contribution < -0.4 is 11.5 Å². The minimum Gasteiger partial charge on any atom is -0.370 e. The van der Waals surface area contributed by atoms with E-state index in [9.17, 15) is 13.2 Å². The maximum Gasteiger partial charge on any atom is 0.254 e. The van der Waals surface area contributed by atoms with E-state index in [-0.39, 0.29) is 24.5 Å². The van der Waals surface area contributed by atoms with Gasteiger partial charge in [0.1, 0.15) is 0 Å². The molecular formula is C27H28ClN5O3S. The molecular weight excluding hydrogens is 510 g/mol. The van der Waals surface area contributed by atoms with Crippen LogP contribution in [0.5, 0.6) is 0 Å². The molecule has 0 aromatic heterocycles. The summed E-state index contributed by atoms with van der Waals surface area (Å²) in [5, 5.41) is 1.78. The number of sulfonamides is 1. The molecule has 10 heteroatoms. The number of nitrogens with zero attached hydrogens (tertiary/aromatic N) is 3. The fourth-order valence-corrected chi connectivity index (χ4v) is 5.53. The first kappa shape index (κ1) is 26.4. The topological polar surface area (TPSA) is 122 Å². The number of guanidine groups is 1. The van der Waals surface area contributed by atoms with E-state index in [1.54, 1.807) is 59.5 Å². The Hall–Kier alpha value is -3.66. The average Bonchev–Trinajstić information content (AvgIpc) is 3.38. The van der Waals surface area contributed by atoms with Gasteiger partial charge in [0.05, 0.1) is 5.69 Å². The predicted molar refractivity (Wildman–Crippen MR) is 148 cm³/mol. The first-order valence-electron chi connectivity index (χ1n) is 11.7. The summed E-state index contributed by atoms with van der Waals surface area (Å²) >= 11 is 5.91. The van der Waals surface area contributed by atoms with E-state index in [0.717, 1.165) is 11.1 Å². The van der Waals surface area contributed by atoms with E-state index in [4.69, 9.17) is 23.1 Å². The van der Waals surface area contributed by atoms with Crippen LogP contribution in [0.15, 0.2) is 89.3 Å². The van der Waals surface area contributed by atoms with Crippen molar-refractivity contribution < 1.29 is 13.2 Å². The van der Waals surface area contributed by atoms with E-state index >= 15 is 0 Å². The number of aliphatic imine (C=N–C) groups is 1. The Morgan fingerprint density at radius 3 is 2.35 bits per heavy atom. The molecule has 192 valence electrons. The lowest BCUT2D eigenvalue weighted by molar-refractivity contribution is 0.0671. The van der Waals surface area contributed by atoms with Gasteiger partial charge in [0.2, 0.25) is 10.0 Å². The summed E-state index contributed by atoms with van der Waals surface area (Å²) in [4.78, 5) is 19.3. The molecule has 4 N–H and O–H groups in total. The summed E-state index contributed by atoms with van der Waals surface area (Å²) in [5.74, 6) is -0.261. The van der Waals surface area contributed by atoms with Gasteiger partial charge in [-0.3, -0.25) is 4.79 Å². The number of hydrogen-bond acceptors (Lipinski definition) is 4. The second-order valence-corrected chi connectivity index (χ2v) is 11.0. The Labute approximate surface area is 221 Å². The summed E-state index contributed by atoms with van der Waals surface area (Å²) in [5.41, 5.74) is 13.6. The number of nitrogens with two attached hydrogens (primary N) is 2. The normalized spacial score (nSPS) is 16.1. The molecule has 1 unspecified atom stereocenters. The molecule has 1 aliphatic rings. The second-order valence-electron chi connectivity index (χ2n) is 8.70. The van der Waals surface area contributed by atoms with Gasteiger partial charge in [-0.15, -0.1) is 0 Å². The third-order valence-corrected chi connectivity index (χ3v) is 7.84. The maximum atomic E-state index is 13.6. The molecule has 0 radical (unpaired) electrons. The molecule has 1 atom stereocenters. The lowest BCUT2D eigenvalue weighted by Crippen LogP contribution is -2.42. The minimum atomic E-state index is -3.67. The number of rotatable bonds is 8. The fourth-order valence-electron chi connectivity index (χ4n) is 4.16. The Bertz CT molecular complexity index is 1390. The molecule has 0 spiro atoms. The number of carbonyl (C=O) groups is 1. The van der Waals surface area contributed by atoms with Gasteiger partial charge in [-0.05, 0) is 60.0 Å². The van der Waals surface area contributed by atoms with Gasteiger partial charge >= 0.3 is 0 Å². The molecule has 8 nitrogen and oxygen atoms in total. The molecule has 1 saturated heterocycles. The van der Waals surface area contributed by atoms with Gasteiger partial charge < -0.3 is 16.4 Å². The van der Waals surface area contributed by atoms with Crippen molar-refractivity contribution in [3.05, 3.63) is 106 Å². The monoisotopic (exact) mass is 537 g/mol. The highest BCUT2D eigenvalue weighted by Gasteiger charge is 2.35. The standard InChI is InChI=1S/C27H28ClN5O3S/c28-23-10-6-20(7-11-23)15-17-37(35,36)32-16-14-25(19-32)33(18-21-4-2-1-3-5-21)26(34)22-8-12-24(13-9-22)31-27(29)30/h1-13,15,17,25H,14,16,18-19H2,(H4,29,30,31)/b17-15+. The molecule has 1 heterocycles. The maximum absolute atomic E-state index is 13.6. The molecule has 0 aliphatic carbocycles. The molecule has 4 rings (SSSR count). The zero-order chi connectivity index (χ0) is 26.4. The summed E-state index contributed by atoms with van der Waals surface area (Å²) in [6.45, 7) is 0.881. The Morgan fingerprint density at radius 1 is 1.03 bits per heavy atom. The van der Waals surface area contributed by atoms with Crippen LogP contribution in [0.3, 0.4) is 0 Å². The number of amides is 1. The van der Waals surface area contributed by atoms with Gasteiger partial charge in [-0.25, -0.2) is 13.4 Å². The number of hydrogen-bond donors (Lipinski definition) is 2. The van der Waals surface area contributed by atoms with Crippen molar-refractivity contribution in [2.75, 3.05) is 13.1 Å². The van der Waals surface area contributed by atoms with Crippen LogP contribution in [0.4, 0.5) is 5.69 Å². The number of carbonyl (C=O) groups excluding carboxylic acids is 1. The van der Waals surface area contributed by atoms with E-state index in [1.807, 2.05) is 30.3 Å². The van der Waals surface area contributed by atoms with Gasteiger partial charge in [0.15, 0.2) is 5.96 Å². The summed E-state index contributed by atoms with van der Waals surface area (Å²) in [6.07, 6.45) is 2.07. The number of benzene rings is 3. The summed E-state index contributed by atoms with van der Waals surface area (Å²) < 4.78 is 27.5. The van der Waals surface area contributed by atoms with Crippen molar-refractivity contribution >= 4 is 45.3 Å². The fraction of sp³-hybridized carbons (Fsp3) is 0.185. The van der Waals surface area contributed by atoms with Crippen LogP contribution in [0.1, 0.15) is 27.9 Å². The highest BCUT2D eigenvalue weighted by Crippen LogP contribution is 2.25. The van der Waals surface area contributed by atoms with Crippen LogP contribution in [0, 0.1) is 0 Å². The molecule has 0 saturated carbocycles. The summed E-state index contributed by atoms with van der Waals surface area (Å²) in [7, 11) is -3.67. The lowest BCUT2D eigenvalue weighted by atomic mass is 10.1. The number of halogens is 1. The van der Waals surface area contributed by atoms with Gasteiger partial charge in [-0.1, -0.05) is 54.1 Å². The average molecular weight is 538 g/mol. The third-order valence-electron chi connectivity index (χ3n) is 6.06. The summed E-state index contributed by atoms with van der Waals surface area (Å²) in [6, 6.07) is 22.9. The largest absolute Gasteiger partial charge is 0.370 e. The molecule has 3 aromatic carbocycles. The van der Waals surface area contributed by atoms with Gasteiger partial charge in [-0.2, -0.15) is 4.31 Å². The Morgan fingerprint density at radius 2 is 1.70 bits per heavy atom. The molecule has 1 fully saturated rings. The van der Waals surface area contributed by atoms with Gasteiger partial charge in [0, 0.05) is 41.7 Å². The smallest absolute Gasteiger partial charge is 0.254 e. The predicted octanol–water partition coefficient (Wildman–Crippen LogP) is 3.96. The molecule has 1 aliphatic heterocycles. The zero-order valence-corrected chi connectivity index (χ0v) is 21.6. The van der Waals surface area contributed by atoms with E-state index < -0.39 is 10.0 Å². The second kappa shape index (κ2) is 11.6. The molecule has 37 heavy (non-hydrogen) atoms. The Kier molecular flexibility index (Phi) is 8.27. The first-order valence-corrected chi connectivity index (χ1v) is 13.6. The van der Waals surface area contributed by atoms with Crippen LogP contribution in [-0.4, -0.2) is 48.6 Å². The molecule has 3 aromatic rings. The zero-order valence-electron chi connectivity index (χ0n) is 20.1. The lowest BCUT2D eigenvalue weighted by Gasteiger charge is -2.29. The van der Waals surface area contributed by atoms with Crippen LogP contribution in [-0.2, 0) is 16.6 Å². The van der Waals surface area contributed by atoms with Gasteiger partial charge in [0.25, 0.3) is 5.91 Å². The van der Waals surface area contributed by atoms with Crippen LogP contribution in [0.25, 0.3) is 6.08 Å². The SMILES string of the molecule is NC(N)=Nc1ccc(C(=O)N(Cc2ccccc2)C2CCN(S(=O)(=O)/C=C/c3ccc(Cl)cc3)C2)cc1. The van der Waals surface area contributed by atoms with Crippen LogP contribution in [0.2, 0.25) is 5.02 Å². The van der Waals surface area contributed by atoms with E-state index in [2.05, 4.69) is 4.99 Å². The molecule has 0 bridgehead atoms. The van der Waals surface area contributed by atoms with Crippen molar-refractivity contribution in [1.29, 1.82) is 0 Å². The minimum absolute atomic E-state index is 0.0675. The quantitative estimate of drug-likeness (QED) is 0.332.